The second-order valence-electron chi connectivity index (χ2n) is 7.78. The number of carbonyl (C=O) groups is 1. The zero-order valence-electron chi connectivity index (χ0n) is 16.8. The van der Waals surface area contributed by atoms with Crippen LogP contribution in [-0.2, 0) is 10.0 Å². The molecule has 2 aromatic carbocycles. The summed E-state index contributed by atoms with van der Waals surface area (Å²) in [5.41, 5.74) is 1.67. The fourth-order valence-electron chi connectivity index (χ4n) is 4.30. The van der Waals surface area contributed by atoms with Crippen LogP contribution in [0.3, 0.4) is 0 Å². The van der Waals surface area contributed by atoms with Crippen molar-refractivity contribution in [3.63, 3.8) is 0 Å². The molecule has 0 radical (unpaired) electrons. The average molecular weight is 444 g/mol. The van der Waals surface area contributed by atoms with E-state index in [2.05, 4.69) is 10.0 Å². The molecule has 1 heterocycles. The lowest BCUT2D eigenvalue weighted by Gasteiger charge is -2.50. The number of sulfonamides is 1. The first kappa shape index (κ1) is 20.8. The molecule has 0 atom stereocenters. The second-order valence-corrected chi connectivity index (χ2v) is 9.95. The molecular formula is C22H25N3O3S2. The van der Waals surface area contributed by atoms with E-state index in [9.17, 15) is 13.2 Å². The number of anilines is 2. The predicted octanol–water partition coefficient (Wildman–Crippen LogP) is 4.44. The van der Waals surface area contributed by atoms with Crippen LogP contribution in [0.5, 0.6) is 0 Å². The van der Waals surface area contributed by atoms with Crippen LogP contribution in [0, 0.1) is 0 Å². The minimum Gasteiger partial charge on any atom is -0.362 e. The number of thiocarbonyl (C=S) groups is 1. The summed E-state index contributed by atoms with van der Waals surface area (Å²) in [4.78, 5) is 15.7. The largest absolute Gasteiger partial charge is 0.362 e. The molecule has 0 saturated heterocycles. The van der Waals surface area contributed by atoms with Gasteiger partial charge in [0.25, 0.3) is 15.9 Å². The molecule has 1 saturated carbocycles. The van der Waals surface area contributed by atoms with Gasteiger partial charge in [0.2, 0.25) is 0 Å². The summed E-state index contributed by atoms with van der Waals surface area (Å²) in [7, 11) is -3.72. The minimum atomic E-state index is -3.72. The Kier molecular flexibility index (Phi) is 5.55. The third-order valence-electron chi connectivity index (χ3n) is 5.81. The highest BCUT2D eigenvalue weighted by Crippen LogP contribution is 2.42. The zero-order valence-corrected chi connectivity index (χ0v) is 18.5. The van der Waals surface area contributed by atoms with Gasteiger partial charge in [-0.25, -0.2) is 8.42 Å². The van der Waals surface area contributed by atoms with E-state index >= 15 is 0 Å². The predicted molar refractivity (Wildman–Crippen MR) is 122 cm³/mol. The molecular weight excluding hydrogens is 418 g/mol. The Balaban J connectivity index is 1.72. The van der Waals surface area contributed by atoms with Crippen LogP contribution in [-0.4, -0.2) is 25.0 Å². The van der Waals surface area contributed by atoms with Gasteiger partial charge in [-0.3, -0.25) is 14.4 Å². The summed E-state index contributed by atoms with van der Waals surface area (Å²) in [6.45, 7) is 1.80. The molecule has 1 aliphatic carbocycles. The highest BCUT2D eigenvalue weighted by atomic mass is 32.2. The number of para-hydroxylation sites is 1. The molecule has 2 N–H and O–H groups in total. The van der Waals surface area contributed by atoms with E-state index in [4.69, 9.17) is 12.2 Å². The summed E-state index contributed by atoms with van der Waals surface area (Å²) in [6, 6.07) is 14.0. The van der Waals surface area contributed by atoms with Crippen LogP contribution in [0.15, 0.2) is 53.4 Å². The lowest BCUT2D eigenvalue weighted by atomic mass is 9.84. The van der Waals surface area contributed by atoms with Gasteiger partial charge in [-0.2, -0.15) is 0 Å². The van der Waals surface area contributed by atoms with Crippen LogP contribution >= 0.6 is 12.2 Å². The molecule has 8 heteroatoms. The van der Waals surface area contributed by atoms with Gasteiger partial charge in [0.1, 0.15) is 5.66 Å². The van der Waals surface area contributed by atoms with Crippen LogP contribution < -0.4 is 14.9 Å². The average Bonchev–Trinajstić information content (AvgIpc) is 2.74. The molecule has 30 heavy (non-hydrogen) atoms. The van der Waals surface area contributed by atoms with Crippen LogP contribution in [0.2, 0.25) is 0 Å². The molecule has 2 aromatic rings. The number of carbonyl (C=O) groups excluding carboxylic acids is 1. The van der Waals surface area contributed by atoms with Gasteiger partial charge in [0.05, 0.1) is 15.4 Å². The van der Waals surface area contributed by atoms with E-state index in [0.717, 1.165) is 37.8 Å². The standard InChI is InChI=1S/C22H25N3O3S2/c1-2-20(29)24-30(27,28)17-12-10-16(11-13-17)25-21(26)18-8-4-5-9-19(18)23-22(25)14-6-3-7-15-22/h4-5,8-13,23H,2-3,6-7,14-15H2,1H3,(H,24,29). The van der Waals surface area contributed by atoms with Crippen LogP contribution in [0.1, 0.15) is 55.8 Å². The van der Waals surface area contributed by atoms with Gasteiger partial charge in [-0.15, -0.1) is 0 Å². The first-order valence-corrected chi connectivity index (χ1v) is 12.1. The maximum Gasteiger partial charge on any atom is 0.262 e. The number of hydrogen-bond acceptors (Lipinski definition) is 5. The molecule has 4 rings (SSSR count). The molecule has 1 amide bonds. The molecule has 0 bridgehead atoms. The van der Waals surface area contributed by atoms with Crippen molar-refractivity contribution >= 4 is 44.5 Å². The first-order chi connectivity index (χ1) is 14.4. The number of amides is 1. The van der Waals surface area contributed by atoms with Crippen molar-refractivity contribution in [1.29, 1.82) is 0 Å². The molecule has 0 unspecified atom stereocenters. The van der Waals surface area contributed by atoms with Crippen molar-refractivity contribution in [2.24, 2.45) is 0 Å². The number of nitrogens with zero attached hydrogens (tertiary/aromatic N) is 1. The zero-order chi connectivity index (χ0) is 21.4. The Bertz CT molecular complexity index is 1080. The molecule has 2 aliphatic rings. The van der Waals surface area contributed by atoms with Gasteiger partial charge in [0.15, 0.2) is 0 Å². The van der Waals surface area contributed by atoms with Gasteiger partial charge >= 0.3 is 0 Å². The second kappa shape index (κ2) is 8.00. The van der Waals surface area contributed by atoms with Crippen molar-refractivity contribution < 1.29 is 13.2 Å². The first-order valence-electron chi connectivity index (χ1n) is 10.2. The van der Waals surface area contributed by atoms with Crippen molar-refractivity contribution in [3.8, 4) is 0 Å². The lowest BCUT2D eigenvalue weighted by Crippen LogP contribution is -2.61. The number of hydrogen-bond donors (Lipinski definition) is 2. The van der Waals surface area contributed by atoms with Gasteiger partial charge in [0, 0.05) is 11.4 Å². The van der Waals surface area contributed by atoms with E-state index in [1.807, 2.05) is 29.2 Å². The Morgan fingerprint density at radius 2 is 1.77 bits per heavy atom. The topological polar surface area (TPSA) is 78.5 Å². The van der Waals surface area contributed by atoms with E-state index in [1.54, 1.807) is 19.1 Å². The summed E-state index contributed by atoms with van der Waals surface area (Å²) >= 11 is 5.01. The summed E-state index contributed by atoms with van der Waals surface area (Å²) in [5, 5.41) is 3.63. The van der Waals surface area contributed by atoms with Crippen LogP contribution in [0.25, 0.3) is 0 Å². The monoisotopic (exact) mass is 443 g/mol. The Morgan fingerprint density at radius 1 is 1.10 bits per heavy atom. The molecule has 1 aliphatic heterocycles. The molecule has 0 aromatic heterocycles. The maximum atomic E-state index is 13.5. The third-order valence-corrected chi connectivity index (χ3v) is 7.74. The van der Waals surface area contributed by atoms with Crippen LogP contribution in [0.4, 0.5) is 11.4 Å². The fraction of sp³-hybridized carbons (Fsp3) is 0.364. The SMILES string of the molecule is CCC(=S)NS(=O)(=O)c1ccc(N2C(=O)c3ccccc3NC23CCCCC3)cc1. The summed E-state index contributed by atoms with van der Waals surface area (Å²) in [6.07, 6.45) is 5.35. The van der Waals surface area contributed by atoms with Crippen molar-refractivity contribution in [2.45, 2.75) is 56.0 Å². The maximum absolute atomic E-state index is 13.5. The lowest BCUT2D eigenvalue weighted by molar-refractivity contribution is 0.0938. The minimum absolute atomic E-state index is 0.0628. The number of rotatable bonds is 4. The Hall–Kier alpha value is -2.45. The number of fused-ring (bicyclic) bond motifs is 1. The fourth-order valence-corrected chi connectivity index (χ4v) is 5.69. The highest BCUT2D eigenvalue weighted by molar-refractivity contribution is 7.91. The summed E-state index contributed by atoms with van der Waals surface area (Å²) in [5.74, 6) is -0.0628. The van der Waals surface area contributed by atoms with Crippen molar-refractivity contribution in [1.82, 2.24) is 4.72 Å². The summed E-state index contributed by atoms with van der Waals surface area (Å²) < 4.78 is 27.5. The molecule has 6 nitrogen and oxygen atoms in total. The van der Waals surface area contributed by atoms with Gasteiger partial charge in [-0.05, 0) is 68.5 Å². The van der Waals surface area contributed by atoms with E-state index < -0.39 is 15.7 Å². The van der Waals surface area contributed by atoms with E-state index in [-0.39, 0.29) is 15.8 Å². The van der Waals surface area contributed by atoms with E-state index in [0.29, 0.717) is 17.7 Å². The van der Waals surface area contributed by atoms with Gasteiger partial charge < -0.3 is 5.32 Å². The van der Waals surface area contributed by atoms with E-state index in [1.165, 1.54) is 12.1 Å². The highest BCUT2D eigenvalue weighted by Gasteiger charge is 2.46. The number of benzene rings is 2. The molecule has 158 valence electrons. The van der Waals surface area contributed by atoms with Crippen molar-refractivity contribution in [2.75, 3.05) is 10.2 Å². The van der Waals surface area contributed by atoms with Gasteiger partial charge in [-0.1, -0.05) is 37.7 Å². The molecule has 1 fully saturated rings. The number of nitrogens with one attached hydrogen (secondary N) is 2. The quantitative estimate of drug-likeness (QED) is 0.684. The molecule has 1 spiro atoms. The normalized spacial score (nSPS) is 17.9. The van der Waals surface area contributed by atoms with Crippen molar-refractivity contribution in [3.05, 3.63) is 54.1 Å². The third kappa shape index (κ3) is 3.70. The Labute approximate surface area is 182 Å². The smallest absolute Gasteiger partial charge is 0.262 e. The Morgan fingerprint density at radius 3 is 2.43 bits per heavy atom.